The molecule has 0 amide bonds. The van der Waals surface area contributed by atoms with Crippen molar-refractivity contribution < 1.29 is 17.6 Å². The molecule has 0 heterocycles. The fourth-order valence-corrected chi connectivity index (χ4v) is 1.39. The molecule has 2 aromatic rings. The Morgan fingerprint density at radius 1 is 0.889 bits per heavy atom. The third-order valence-electron chi connectivity index (χ3n) is 2.17. The molecule has 0 spiro atoms. The molecule has 92 valence electrons. The third-order valence-corrected chi connectivity index (χ3v) is 2.17. The lowest BCUT2D eigenvalue weighted by Crippen LogP contribution is -1.88. The maximum atomic E-state index is 13.2. The van der Waals surface area contributed by atoms with Crippen LogP contribution in [-0.4, -0.2) is 6.21 Å². The first-order valence-corrected chi connectivity index (χ1v) is 5.00. The van der Waals surface area contributed by atoms with E-state index in [0.29, 0.717) is 6.07 Å². The Kier molecular flexibility index (Phi) is 3.41. The molecule has 0 saturated heterocycles. The van der Waals surface area contributed by atoms with Crippen LogP contribution < -0.4 is 0 Å². The van der Waals surface area contributed by atoms with E-state index in [2.05, 4.69) is 4.99 Å². The van der Waals surface area contributed by atoms with Crippen molar-refractivity contribution in [1.29, 1.82) is 0 Å². The number of nitrogens with zero attached hydrogens (tertiary/aromatic N) is 1. The van der Waals surface area contributed by atoms with E-state index >= 15 is 0 Å². The topological polar surface area (TPSA) is 12.4 Å². The summed E-state index contributed by atoms with van der Waals surface area (Å²) in [5, 5.41) is 0. The minimum Gasteiger partial charge on any atom is -0.253 e. The van der Waals surface area contributed by atoms with Crippen molar-refractivity contribution in [2.75, 3.05) is 0 Å². The number of hydrogen-bond donors (Lipinski definition) is 0. The van der Waals surface area contributed by atoms with Crippen molar-refractivity contribution in [2.24, 2.45) is 4.99 Å². The zero-order chi connectivity index (χ0) is 13.1. The van der Waals surface area contributed by atoms with Gasteiger partial charge in [0.2, 0.25) is 0 Å². The average molecular weight is 253 g/mol. The smallest absolute Gasteiger partial charge is 0.184 e. The molecule has 0 N–H and O–H groups in total. The summed E-state index contributed by atoms with van der Waals surface area (Å²) in [7, 11) is 0. The molecule has 0 aromatic heterocycles. The van der Waals surface area contributed by atoms with Gasteiger partial charge in [-0.15, -0.1) is 0 Å². The maximum absolute atomic E-state index is 13.2. The Bertz CT molecular complexity index is 588. The Morgan fingerprint density at radius 3 is 2.22 bits per heavy atom. The normalized spacial score (nSPS) is 11.1. The highest BCUT2D eigenvalue weighted by molar-refractivity contribution is 5.81. The molecule has 0 unspecified atom stereocenters. The predicted molar refractivity (Wildman–Crippen MR) is 60.0 cm³/mol. The van der Waals surface area contributed by atoms with E-state index < -0.39 is 23.3 Å². The van der Waals surface area contributed by atoms with Crippen molar-refractivity contribution in [3.63, 3.8) is 0 Å². The molecule has 0 aliphatic rings. The van der Waals surface area contributed by atoms with E-state index in [1.165, 1.54) is 12.1 Å². The molecule has 0 bridgehead atoms. The number of aliphatic imine (C=N–C) groups is 1. The largest absolute Gasteiger partial charge is 0.253 e. The van der Waals surface area contributed by atoms with Gasteiger partial charge in [0.1, 0.15) is 17.3 Å². The van der Waals surface area contributed by atoms with Crippen molar-refractivity contribution in [1.82, 2.24) is 0 Å². The van der Waals surface area contributed by atoms with Gasteiger partial charge in [-0.2, -0.15) is 0 Å². The van der Waals surface area contributed by atoms with Crippen LogP contribution in [0.15, 0.2) is 41.4 Å². The van der Waals surface area contributed by atoms with Gasteiger partial charge in [0.05, 0.1) is 0 Å². The first kappa shape index (κ1) is 12.3. The van der Waals surface area contributed by atoms with E-state index in [-0.39, 0.29) is 11.3 Å². The Morgan fingerprint density at radius 2 is 1.56 bits per heavy atom. The van der Waals surface area contributed by atoms with Crippen LogP contribution in [0.5, 0.6) is 0 Å². The van der Waals surface area contributed by atoms with E-state index in [0.717, 1.165) is 24.4 Å². The molecular formula is C13H7F4N. The molecule has 1 nitrogen and oxygen atoms in total. The molecule has 2 rings (SSSR count). The van der Waals surface area contributed by atoms with E-state index in [4.69, 9.17) is 0 Å². The Labute approximate surface area is 100 Å². The fourth-order valence-electron chi connectivity index (χ4n) is 1.39. The van der Waals surface area contributed by atoms with E-state index in [9.17, 15) is 17.6 Å². The second-order valence-electron chi connectivity index (χ2n) is 3.53. The summed E-state index contributed by atoms with van der Waals surface area (Å²) in [6.45, 7) is 0. The summed E-state index contributed by atoms with van der Waals surface area (Å²) in [5.74, 6) is -3.67. The molecule has 0 fully saturated rings. The zero-order valence-corrected chi connectivity index (χ0v) is 9.00. The summed E-state index contributed by atoms with van der Waals surface area (Å²) in [4.78, 5) is 3.65. The van der Waals surface area contributed by atoms with Gasteiger partial charge >= 0.3 is 0 Å². The molecule has 0 radical (unpaired) electrons. The SMILES string of the molecule is Fc1cc(F)cc(C=Nc2cccc(F)c2F)c1. The highest BCUT2D eigenvalue weighted by atomic mass is 19.2. The zero-order valence-electron chi connectivity index (χ0n) is 9.00. The quantitative estimate of drug-likeness (QED) is 0.566. The van der Waals surface area contributed by atoms with Crippen LogP contribution in [0.1, 0.15) is 5.56 Å². The summed E-state index contributed by atoms with van der Waals surface area (Å²) < 4.78 is 51.8. The average Bonchev–Trinajstić information content (AvgIpc) is 2.30. The van der Waals surface area contributed by atoms with Gasteiger partial charge < -0.3 is 0 Å². The lowest BCUT2D eigenvalue weighted by Gasteiger charge is -1.98. The number of benzene rings is 2. The van der Waals surface area contributed by atoms with Crippen molar-refractivity contribution in [2.45, 2.75) is 0 Å². The number of hydrogen-bond acceptors (Lipinski definition) is 1. The van der Waals surface area contributed by atoms with Gasteiger partial charge in [0, 0.05) is 12.3 Å². The van der Waals surface area contributed by atoms with E-state index in [1.54, 1.807) is 0 Å². The highest BCUT2D eigenvalue weighted by Crippen LogP contribution is 2.19. The summed E-state index contributed by atoms with van der Waals surface area (Å²) in [6.07, 6.45) is 1.06. The van der Waals surface area contributed by atoms with Crippen LogP contribution in [0.3, 0.4) is 0 Å². The van der Waals surface area contributed by atoms with Crippen LogP contribution in [0.4, 0.5) is 23.2 Å². The van der Waals surface area contributed by atoms with Crippen LogP contribution in [0.25, 0.3) is 0 Å². The first-order chi connectivity index (χ1) is 8.56. The van der Waals surface area contributed by atoms with Gasteiger partial charge in [-0.05, 0) is 29.8 Å². The molecule has 0 aliphatic heterocycles. The summed E-state index contributed by atoms with van der Waals surface area (Å²) >= 11 is 0. The molecule has 0 aliphatic carbocycles. The molecule has 0 saturated carbocycles. The van der Waals surface area contributed by atoms with Crippen LogP contribution in [0, 0.1) is 23.3 Å². The Balaban J connectivity index is 2.33. The lowest BCUT2D eigenvalue weighted by atomic mass is 10.2. The van der Waals surface area contributed by atoms with Gasteiger partial charge in [-0.1, -0.05) is 6.07 Å². The van der Waals surface area contributed by atoms with Crippen molar-refractivity contribution >= 4 is 11.9 Å². The predicted octanol–water partition coefficient (Wildman–Crippen LogP) is 3.99. The van der Waals surface area contributed by atoms with Crippen LogP contribution in [0.2, 0.25) is 0 Å². The van der Waals surface area contributed by atoms with Gasteiger partial charge in [0.25, 0.3) is 0 Å². The van der Waals surface area contributed by atoms with Gasteiger partial charge in [-0.3, -0.25) is 4.99 Å². The molecule has 0 atom stereocenters. The molecule has 2 aromatic carbocycles. The molecule has 18 heavy (non-hydrogen) atoms. The highest BCUT2D eigenvalue weighted by Gasteiger charge is 2.05. The van der Waals surface area contributed by atoms with Gasteiger partial charge in [-0.25, -0.2) is 17.6 Å². The monoisotopic (exact) mass is 253 g/mol. The molecular weight excluding hydrogens is 246 g/mol. The van der Waals surface area contributed by atoms with E-state index in [1.807, 2.05) is 0 Å². The van der Waals surface area contributed by atoms with Crippen molar-refractivity contribution in [3.05, 3.63) is 65.2 Å². The minimum absolute atomic E-state index is 0.121. The number of halogens is 4. The van der Waals surface area contributed by atoms with Crippen molar-refractivity contribution in [3.8, 4) is 0 Å². The second kappa shape index (κ2) is 5.00. The summed E-state index contributed by atoms with van der Waals surface area (Å²) in [6, 6.07) is 6.27. The van der Waals surface area contributed by atoms with Gasteiger partial charge in [0.15, 0.2) is 11.6 Å². The standard InChI is InChI=1S/C13H7F4N/c14-9-4-8(5-10(15)6-9)7-18-12-3-1-2-11(16)13(12)17/h1-7H. The molecule has 5 heteroatoms. The minimum atomic E-state index is -1.11. The maximum Gasteiger partial charge on any atom is 0.184 e. The number of rotatable bonds is 2. The first-order valence-electron chi connectivity index (χ1n) is 5.00. The third kappa shape index (κ3) is 2.74. The second-order valence-corrected chi connectivity index (χ2v) is 3.53. The van der Waals surface area contributed by atoms with Crippen LogP contribution >= 0.6 is 0 Å². The van der Waals surface area contributed by atoms with Crippen LogP contribution in [-0.2, 0) is 0 Å². The Hall–Kier alpha value is -2.17. The summed E-state index contributed by atoms with van der Waals surface area (Å²) in [5.41, 5.74) is -0.115. The fraction of sp³-hybridized carbons (Fsp3) is 0. The lowest BCUT2D eigenvalue weighted by molar-refractivity contribution is 0.510.